The fourth-order valence-electron chi connectivity index (χ4n) is 1.41. The Kier molecular flexibility index (Phi) is 1.66. The zero-order valence-corrected chi connectivity index (χ0v) is 6.66. The molecule has 0 bridgehead atoms. The number of fused-ring (bicyclic) bond motifs is 1. The molecule has 0 fully saturated rings. The molecule has 0 saturated carbocycles. The molecule has 0 saturated heterocycles. The third kappa shape index (κ3) is 1.12. The van der Waals surface area contributed by atoms with Crippen LogP contribution in [-0.4, -0.2) is 11.7 Å². The number of hydrogen-bond donors (Lipinski definition) is 2. The number of rotatable bonds is 0. The summed E-state index contributed by atoms with van der Waals surface area (Å²) in [6.07, 6.45) is 0.845. The molecular formula is C9H11NO2. The van der Waals surface area contributed by atoms with Gasteiger partial charge in [-0.05, 0) is 6.07 Å². The molecule has 0 spiro atoms. The summed E-state index contributed by atoms with van der Waals surface area (Å²) in [6.45, 7) is 0.637. The Morgan fingerprint density at radius 1 is 1.50 bits per heavy atom. The predicted octanol–water partition coefficient (Wildman–Crippen LogP) is 1.17. The van der Waals surface area contributed by atoms with Crippen molar-refractivity contribution >= 4 is 0 Å². The van der Waals surface area contributed by atoms with Crippen LogP contribution in [0.5, 0.6) is 11.5 Å². The van der Waals surface area contributed by atoms with Crippen LogP contribution in [0.2, 0.25) is 0 Å². The van der Waals surface area contributed by atoms with Crippen LogP contribution in [0, 0.1) is 0 Å². The van der Waals surface area contributed by atoms with Crippen LogP contribution in [0.4, 0.5) is 0 Å². The summed E-state index contributed by atoms with van der Waals surface area (Å²) < 4.78 is 5.33. The summed E-state index contributed by atoms with van der Waals surface area (Å²) >= 11 is 0. The zero-order valence-electron chi connectivity index (χ0n) is 6.66. The van der Waals surface area contributed by atoms with Gasteiger partial charge in [0.15, 0.2) is 0 Å². The van der Waals surface area contributed by atoms with E-state index in [1.165, 1.54) is 0 Å². The number of phenolic OH excluding ortho intramolecular Hbond substituents is 1. The molecule has 1 aliphatic rings. The van der Waals surface area contributed by atoms with Gasteiger partial charge in [-0.25, -0.2) is 0 Å². The van der Waals surface area contributed by atoms with E-state index in [1.807, 2.05) is 6.07 Å². The summed E-state index contributed by atoms with van der Waals surface area (Å²) in [5.41, 5.74) is 6.82. The van der Waals surface area contributed by atoms with Crippen molar-refractivity contribution in [1.29, 1.82) is 0 Å². The molecule has 1 aromatic carbocycles. The van der Waals surface area contributed by atoms with Crippen LogP contribution in [0.15, 0.2) is 18.2 Å². The molecule has 1 aliphatic heterocycles. The fraction of sp³-hybridized carbons (Fsp3) is 0.333. The number of phenols is 1. The molecule has 3 heteroatoms. The fourth-order valence-corrected chi connectivity index (χ4v) is 1.41. The first-order valence-corrected chi connectivity index (χ1v) is 3.98. The Balaban J connectivity index is 2.46. The number of hydrogen-bond acceptors (Lipinski definition) is 3. The molecular weight excluding hydrogens is 154 g/mol. The topological polar surface area (TPSA) is 55.5 Å². The van der Waals surface area contributed by atoms with Gasteiger partial charge in [-0.2, -0.15) is 0 Å². The molecule has 0 radical (unpaired) electrons. The molecule has 3 N–H and O–H groups in total. The zero-order chi connectivity index (χ0) is 8.55. The van der Waals surface area contributed by atoms with Crippen LogP contribution < -0.4 is 10.5 Å². The van der Waals surface area contributed by atoms with E-state index in [4.69, 9.17) is 15.6 Å². The Morgan fingerprint density at radius 2 is 2.33 bits per heavy atom. The smallest absolute Gasteiger partial charge is 0.127 e. The normalized spacial score (nSPS) is 21.2. The predicted molar refractivity (Wildman–Crippen MR) is 45.1 cm³/mol. The maximum absolute atomic E-state index is 9.15. The van der Waals surface area contributed by atoms with Gasteiger partial charge in [0, 0.05) is 24.1 Å². The highest BCUT2D eigenvalue weighted by molar-refractivity contribution is 5.42. The van der Waals surface area contributed by atoms with Gasteiger partial charge in [0.25, 0.3) is 0 Å². The Hall–Kier alpha value is -1.22. The Bertz CT molecular complexity index is 299. The van der Waals surface area contributed by atoms with E-state index in [-0.39, 0.29) is 11.8 Å². The molecule has 1 heterocycles. The summed E-state index contributed by atoms with van der Waals surface area (Å²) in [4.78, 5) is 0. The average molecular weight is 165 g/mol. The summed E-state index contributed by atoms with van der Waals surface area (Å²) in [5.74, 6) is 0.941. The molecule has 0 aromatic heterocycles. The number of nitrogens with two attached hydrogens (primary N) is 1. The van der Waals surface area contributed by atoms with E-state index in [9.17, 15) is 0 Å². The van der Waals surface area contributed by atoms with Gasteiger partial charge < -0.3 is 15.6 Å². The minimum atomic E-state index is 0.0503. The monoisotopic (exact) mass is 165 g/mol. The van der Waals surface area contributed by atoms with Gasteiger partial charge in [0.05, 0.1) is 6.61 Å². The average Bonchev–Trinajstić information content (AvgIpc) is 2.04. The van der Waals surface area contributed by atoms with Crippen molar-refractivity contribution in [3.05, 3.63) is 23.8 Å². The van der Waals surface area contributed by atoms with Gasteiger partial charge in [0.1, 0.15) is 11.5 Å². The minimum absolute atomic E-state index is 0.0503. The second kappa shape index (κ2) is 2.68. The molecule has 12 heavy (non-hydrogen) atoms. The highest BCUT2D eigenvalue weighted by Crippen LogP contribution is 2.32. The number of aromatic hydroxyl groups is 1. The van der Waals surface area contributed by atoms with Crippen molar-refractivity contribution in [3.8, 4) is 11.5 Å². The molecule has 1 atom stereocenters. The van der Waals surface area contributed by atoms with Gasteiger partial charge in [-0.3, -0.25) is 0 Å². The van der Waals surface area contributed by atoms with E-state index >= 15 is 0 Å². The Morgan fingerprint density at radius 3 is 3.17 bits per heavy atom. The van der Waals surface area contributed by atoms with Crippen molar-refractivity contribution in [1.82, 2.24) is 0 Å². The van der Waals surface area contributed by atoms with Crippen LogP contribution in [-0.2, 0) is 0 Å². The van der Waals surface area contributed by atoms with Crippen molar-refractivity contribution in [3.63, 3.8) is 0 Å². The summed E-state index contributed by atoms with van der Waals surface area (Å²) in [5, 5.41) is 9.15. The van der Waals surface area contributed by atoms with Gasteiger partial charge >= 0.3 is 0 Å². The maximum atomic E-state index is 9.15. The quantitative estimate of drug-likeness (QED) is 0.606. The lowest BCUT2D eigenvalue weighted by Crippen LogP contribution is -2.20. The molecule has 1 unspecified atom stereocenters. The Labute approximate surface area is 70.8 Å². The SMILES string of the molecule is NC1CCOc2cc(O)ccc21. The molecule has 0 amide bonds. The van der Waals surface area contributed by atoms with E-state index in [0.29, 0.717) is 12.4 Å². The number of ether oxygens (including phenoxy) is 1. The van der Waals surface area contributed by atoms with E-state index < -0.39 is 0 Å². The first-order chi connectivity index (χ1) is 5.77. The van der Waals surface area contributed by atoms with Crippen LogP contribution in [0.25, 0.3) is 0 Å². The third-order valence-corrected chi connectivity index (χ3v) is 2.08. The van der Waals surface area contributed by atoms with Crippen LogP contribution in [0.3, 0.4) is 0 Å². The number of benzene rings is 1. The first kappa shape index (κ1) is 7.43. The molecule has 2 rings (SSSR count). The van der Waals surface area contributed by atoms with Gasteiger partial charge in [-0.1, -0.05) is 6.07 Å². The van der Waals surface area contributed by atoms with E-state index in [1.54, 1.807) is 12.1 Å². The van der Waals surface area contributed by atoms with Crippen LogP contribution >= 0.6 is 0 Å². The third-order valence-electron chi connectivity index (χ3n) is 2.08. The largest absolute Gasteiger partial charge is 0.508 e. The van der Waals surface area contributed by atoms with Crippen molar-refractivity contribution < 1.29 is 9.84 Å². The highest BCUT2D eigenvalue weighted by atomic mass is 16.5. The van der Waals surface area contributed by atoms with Gasteiger partial charge in [-0.15, -0.1) is 0 Å². The van der Waals surface area contributed by atoms with Gasteiger partial charge in [0.2, 0.25) is 0 Å². The van der Waals surface area contributed by atoms with E-state index in [0.717, 1.165) is 12.0 Å². The molecule has 64 valence electrons. The summed E-state index contributed by atoms with van der Waals surface area (Å²) in [6, 6.07) is 5.10. The maximum Gasteiger partial charge on any atom is 0.127 e. The lowest BCUT2D eigenvalue weighted by Gasteiger charge is -2.22. The highest BCUT2D eigenvalue weighted by Gasteiger charge is 2.17. The summed E-state index contributed by atoms with van der Waals surface area (Å²) in [7, 11) is 0. The molecule has 1 aromatic rings. The molecule has 0 aliphatic carbocycles. The first-order valence-electron chi connectivity index (χ1n) is 3.98. The second-order valence-electron chi connectivity index (χ2n) is 2.97. The van der Waals surface area contributed by atoms with Crippen LogP contribution in [0.1, 0.15) is 18.0 Å². The van der Waals surface area contributed by atoms with Crippen molar-refractivity contribution in [2.45, 2.75) is 12.5 Å². The van der Waals surface area contributed by atoms with Crippen molar-refractivity contribution in [2.75, 3.05) is 6.61 Å². The van der Waals surface area contributed by atoms with Crippen molar-refractivity contribution in [2.24, 2.45) is 5.73 Å². The lowest BCUT2D eigenvalue weighted by molar-refractivity contribution is 0.267. The second-order valence-corrected chi connectivity index (χ2v) is 2.97. The lowest BCUT2D eigenvalue weighted by atomic mass is 10.0. The minimum Gasteiger partial charge on any atom is -0.508 e. The van der Waals surface area contributed by atoms with E-state index in [2.05, 4.69) is 0 Å². The standard InChI is InChI=1S/C9H11NO2/c10-8-3-4-12-9-5-6(11)1-2-7(8)9/h1-2,5,8,11H,3-4,10H2. The molecule has 3 nitrogen and oxygen atoms in total.